The Balaban J connectivity index is 1.31. The molecule has 0 aliphatic rings. The zero-order chi connectivity index (χ0) is 24.6. The third-order valence-electron chi connectivity index (χ3n) is 4.79. The van der Waals surface area contributed by atoms with Crippen LogP contribution in [0, 0.1) is 0 Å². The van der Waals surface area contributed by atoms with Gasteiger partial charge in [-0.15, -0.1) is 0 Å². The van der Waals surface area contributed by atoms with Crippen molar-refractivity contribution in [3.05, 3.63) is 113 Å². The molecule has 0 radical (unpaired) electrons. The zero-order valence-electron chi connectivity index (χ0n) is 18.3. The van der Waals surface area contributed by atoms with E-state index in [2.05, 4.69) is 16.0 Å². The third-order valence-corrected chi connectivity index (χ3v) is 5.23. The Morgan fingerprint density at radius 3 is 2.34 bits per heavy atom. The molecule has 0 aliphatic carbocycles. The highest BCUT2D eigenvalue weighted by atomic mass is 35.5. The first-order valence-electron chi connectivity index (χ1n) is 10.6. The first kappa shape index (κ1) is 23.9. The van der Waals surface area contributed by atoms with Gasteiger partial charge < -0.3 is 15.1 Å². The molecule has 0 saturated carbocycles. The van der Waals surface area contributed by atoms with Crippen molar-refractivity contribution in [2.45, 2.75) is 0 Å². The first-order valence-corrected chi connectivity index (χ1v) is 11.4. The predicted molar refractivity (Wildman–Crippen MR) is 143 cm³/mol. The van der Waals surface area contributed by atoms with Crippen LogP contribution in [0.2, 0.25) is 5.02 Å². The number of furan rings is 1. The van der Waals surface area contributed by atoms with E-state index >= 15 is 0 Å². The summed E-state index contributed by atoms with van der Waals surface area (Å²) in [6.07, 6.45) is 2.90. The van der Waals surface area contributed by atoms with Crippen LogP contribution in [0.4, 0.5) is 11.4 Å². The maximum atomic E-state index is 12.4. The van der Waals surface area contributed by atoms with Gasteiger partial charge in [0.05, 0.1) is 0 Å². The molecule has 1 aromatic heterocycles. The fraction of sp³-hybridized carbons (Fsp3) is 0. The van der Waals surface area contributed by atoms with E-state index in [1.54, 1.807) is 60.7 Å². The van der Waals surface area contributed by atoms with Gasteiger partial charge in [-0.2, -0.15) is 0 Å². The number of nitrogens with one attached hydrogen (secondary N) is 3. The number of benzene rings is 3. The Labute approximate surface area is 212 Å². The smallest absolute Gasteiger partial charge is 0.255 e. The summed E-state index contributed by atoms with van der Waals surface area (Å²) in [7, 11) is 0. The number of amides is 2. The summed E-state index contributed by atoms with van der Waals surface area (Å²) in [5, 5.41) is 8.90. The minimum Gasteiger partial charge on any atom is -0.457 e. The molecule has 0 saturated heterocycles. The maximum absolute atomic E-state index is 12.4. The van der Waals surface area contributed by atoms with Crippen LogP contribution in [0.3, 0.4) is 0 Å². The summed E-state index contributed by atoms with van der Waals surface area (Å²) in [6, 6.07) is 26.9. The van der Waals surface area contributed by atoms with E-state index in [9.17, 15) is 9.59 Å². The maximum Gasteiger partial charge on any atom is 0.255 e. The van der Waals surface area contributed by atoms with Gasteiger partial charge in [-0.3, -0.25) is 14.9 Å². The van der Waals surface area contributed by atoms with Gasteiger partial charge in [-0.25, -0.2) is 0 Å². The predicted octanol–water partition coefficient (Wildman–Crippen LogP) is 6.38. The molecular weight excluding hydrogens is 482 g/mol. The van der Waals surface area contributed by atoms with E-state index in [1.165, 1.54) is 6.08 Å². The normalized spacial score (nSPS) is 10.7. The number of rotatable bonds is 6. The molecule has 4 aromatic rings. The molecule has 35 heavy (non-hydrogen) atoms. The van der Waals surface area contributed by atoms with Gasteiger partial charge in [-0.1, -0.05) is 54.1 Å². The molecule has 0 bridgehead atoms. The Kier molecular flexibility index (Phi) is 7.72. The number of anilines is 2. The van der Waals surface area contributed by atoms with E-state index in [0.717, 1.165) is 5.56 Å². The van der Waals surface area contributed by atoms with Crippen molar-refractivity contribution in [3.63, 3.8) is 0 Å². The monoisotopic (exact) mass is 501 g/mol. The number of hydrogen-bond donors (Lipinski definition) is 3. The van der Waals surface area contributed by atoms with Gasteiger partial charge >= 0.3 is 0 Å². The molecule has 0 atom stereocenters. The second-order valence-electron chi connectivity index (χ2n) is 7.39. The Hall–Kier alpha value is -4.20. The lowest BCUT2D eigenvalue weighted by molar-refractivity contribution is -0.115. The van der Waals surface area contributed by atoms with Gasteiger partial charge in [0.1, 0.15) is 11.5 Å². The Morgan fingerprint density at radius 2 is 1.57 bits per heavy atom. The minimum atomic E-state index is -0.412. The summed E-state index contributed by atoms with van der Waals surface area (Å²) in [4.78, 5) is 24.7. The standard InChI is InChI=1S/C27H20ClN3O3S/c28-20-9-4-8-19(16-20)26(33)29-21-10-5-11-22(17-21)30-27(35)31-25(32)15-13-23-12-14-24(34-23)18-6-2-1-3-7-18/h1-17H,(H,29,33)(H2,30,31,32,35)/b15-13+. The SMILES string of the molecule is O=C(/C=C/c1ccc(-c2ccccc2)o1)NC(=S)Nc1cccc(NC(=O)c2cccc(Cl)c2)c1. The van der Waals surface area contributed by atoms with Crippen molar-refractivity contribution in [2.75, 3.05) is 10.6 Å². The highest BCUT2D eigenvalue weighted by Gasteiger charge is 2.08. The lowest BCUT2D eigenvalue weighted by atomic mass is 10.2. The van der Waals surface area contributed by atoms with Crippen molar-refractivity contribution in [1.29, 1.82) is 0 Å². The van der Waals surface area contributed by atoms with Crippen molar-refractivity contribution in [3.8, 4) is 11.3 Å². The first-order chi connectivity index (χ1) is 17.0. The van der Waals surface area contributed by atoms with E-state index in [4.69, 9.17) is 28.2 Å². The average molecular weight is 502 g/mol. The molecule has 3 aromatic carbocycles. The van der Waals surface area contributed by atoms with Crippen LogP contribution in [0.1, 0.15) is 16.1 Å². The molecule has 6 nitrogen and oxygen atoms in total. The van der Waals surface area contributed by atoms with Crippen molar-refractivity contribution >= 4 is 58.2 Å². The quantitative estimate of drug-likeness (QED) is 0.211. The molecule has 0 spiro atoms. The minimum absolute atomic E-state index is 0.113. The molecular formula is C27H20ClN3O3S. The van der Waals surface area contributed by atoms with Crippen LogP contribution in [0.5, 0.6) is 0 Å². The summed E-state index contributed by atoms with van der Waals surface area (Å²) in [5.74, 6) is 0.552. The molecule has 174 valence electrons. The highest BCUT2D eigenvalue weighted by Crippen LogP contribution is 2.22. The highest BCUT2D eigenvalue weighted by molar-refractivity contribution is 7.80. The average Bonchev–Trinajstić information content (AvgIpc) is 3.33. The van der Waals surface area contributed by atoms with Gasteiger partial charge in [0, 0.05) is 33.6 Å². The largest absolute Gasteiger partial charge is 0.457 e. The molecule has 4 rings (SSSR count). The molecule has 1 heterocycles. The molecule has 2 amide bonds. The molecule has 0 fully saturated rings. The third kappa shape index (κ3) is 6.89. The van der Waals surface area contributed by atoms with E-state index in [1.807, 2.05) is 36.4 Å². The second kappa shape index (κ2) is 11.3. The van der Waals surface area contributed by atoms with Gasteiger partial charge in [0.25, 0.3) is 5.91 Å². The number of carbonyl (C=O) groups is 2. The zero-order valence-corrected chi connectivity index (χ0v) is 19.9. The Morgan fingerprint density at radius 1 is 0.829 bits per heavy atom. The van der Waals surface area contributed by atoms with E-state index in [0.29, 0.717) is 33.5 Å². The van der Waals surface area contributed by atoms with Gasteiger partial charge in [0.15, 0.2) is 5.11 Å². The van der Waals surface area contributed by atoms with Crippen LogP contribution < -0.4 is 16.0 Å². The van der Waals surface area contributed by atoms with Crippen LogP contribution >= 0.6 is 23.8 Å². The molecule has 8 heteroatoms. The summed E-state index contributed by atoms with van der Waals surface area (Å²) in [5.41, 5.74) is 2.55. The topological polar surface area (TPSA) is 83.4 Å². The van der Waals surface area contributed by atoms with Crippen molar-refractivity contribution in [1.82, 2.24) is 5.32 Å². The number of thiocarbonyl (C=S) groups is 1. The van der Waals surface area contributed by atoms with Crippen molar-refractivity contribution in [2.24, 2.45) is 0 Å². The summed E-state index contributed by atoms with van der Waals surface area (Å²) in [6.45, 7) is 0. The molecule has 0 aliphatic heterocycles. The summed E-state index contributed by atoms with van der Waals surface area (Å²) < 4.78 is 5.75. The fourth-order valence-corrected chi connectivity index (χ4v) is 3.59. The molecule has 3 N–H and O–H groups in total. The van der Waals surface area contributed by atoms with Crippen LogP contribution in [0.25, 0.3) is 17.4 Å². The van der Waals surface area contributed by atoms with E-state index < -0.39 is 5.91 Å². The van der Waals surface area contributed by atoms with Crippen LogP contribution in [-0.4, -0.2) is 16.9 Å². The number of hydrogen-bond acceptors (Lipinski definition) is 4. The molecule has 0 unspecified atom stereocenters. The lowest BCUT2D eigenvalue weighted by Gasteiger charge is -2.11. The number of carbonyl (C=O) groups excluding carboxylic acids is 2. The lowest BCUT2D eigenvalue weighted by Crippen LogP contribution is -2.32. The van der Waals surface area contributed by atoms with Crippen molar-refractivity contribution < 1.29 is 14.0 Å². The fourth-order valence-electron chi connectivity index (χ4n) is 3.18. The van der Waals surface area contributed by atoms with Crippen LogP contribution in [-0.2, 0) is 4.79 Å². The van der Waals surface area contributed by atoms with Gasteiger partial charge in [-0.05, 0) is 66.8 Å². The summed E-state index contributed by atoms with van der Waals surface area (Å²) >= 11 is 11.2. The van der Waals surface area contributed by atoms with Crippen LogP contribution in [0.15, 0.2) is 101 Å². The van der Waals surface area contributed by atoms with Gasteiger partial charge in [0.2, 0.25) is 5.91 Å². The Bertz CT molecular complexity index is 1400. The second-order valence-corrected chi connectivity index (χ2v) is 8.23. The van der Waals surface area contributed by atoms with E-state index in [-0.39, 0.29) is 11.0 Å². The number of halogens is 1.